The number of aromatic amines is 1. The molecule has 0 fully saturated rings. The highest BCUT2D eigenvalue weighted by molar-refractivity contribution is 7.13. The molecule has 3 rings (SSSR count). The van der Waals surface area contributed by atoms with Crippen LogP contribution in [0.25, 0.3) is 21.5 Å². The lowest BCUT2D eigenvalue weighted by molar-refractivity contribution is 0.639. The molecule has 3 heteroatoms. The molecule has 0 aliphatic carbocycles. The molecular weight excluding hydrogens is 221 g/mol. The fourth-order valence-electron chi connectivity index (χ4n) is 2.03. The van der Waals surface area contributed by atoms with Gasteiger partial charge in [0.2, 0.25) is 0 Å². The van der Waals surface area contributed by atoms with Gasteiger partial charge in [0.25, 0.3) is 0 Å². The average Bonchev–Trinajstić information content (AvgIpc) is 2.86. The third-order valence-electron chi connectivity index (χ3n) is 2.79. The summed E-state index contributed by atoms with van der Waals surface area (Å²) in [4.78, 5) is 4.42. The smallest absolute Gasteiger partial charge is 0.132 e. The van der Waals surface area contributed by atoms with E-state index in [4.69, 9.17) is 0 Å². The minimum absolute atomic E-state index is 0.158. The number of hydrogen-bond donors (Lipinski definition) is 1. The first-order valence-corrected chi connectivity index (χ1v) is 5.96. The molecule has 2 aromatic heterocycles. The first-order valence-electron chi connectivity index (χ1n) is 5.08. The van der Waals surface area contributed by atoms with Crippen LogP contribution in [-0.4, -0.2) is 4.98 Å². The van der Waals surface area contributed by atoms with Gasteiger partial charge in [-0.05, 0) is 36.1 Å². The summed E-state index contributed by atoms with van der Waals surface area (Å²) < 4.78 is 13.7. The molecule has 0 bridgehead atoms. The Bertz CT molecular complexity index is 637. The first kappa shape index (κ1) is 9.60. The number of aryl methyl sites for hydroxylation is 1. The normalized spacial score (nSPS) is 11.1. The lowest BCUT2D eigenvalue weighted by atomic mass is 10.1. The van der Waals surface area contributed by atoms with Crippen molar-refractivity contribution >= 4 is 22.2 Å². The molecule has 0 saturated carbocycles. The zero-order valence-corrected chi connectivity index (χ0v) is 9.57. The molecule has 0 aliphatic heterocycles. The van der Waals surface area contributed by atoms with Gasteiger partial charge in [-0.25, -0.2) is 4.39 Å². The van der Waals surface area contributed by atoms with Crippen molar-refractivity contribution in [3.05, 3.63) is 47.1 Å². The number of benzene rings is 1. The van der Waals surface area contributed by atoms with Crippen molar-refractivity contribution in [2.75, 3.05) is 0 Å². The summed E-state index contributed by atoms with van der Waals surface area (Å²) in [6.07, 6.45) is 0. The molecular formula is C13H10FNS. The fourth-order valence-corrected chi connectivity index (χ4v) is 2.81. The standard InChI is InChI=1S/C13H10FNS/c1-8-12-9(14)4-2-5-10(12)15-13(8)11-6-3-7-16-11/h2-7,15H,1H3. The molecule has 0 atom stereocenters. The number of thiophene rings is 1. The number of hydrogen-bond acceptors (Lipinski definition) is 1. The van der Waals surface area contributed by atoms with Crippen molar-refractivity contribution in [2.24, 2.45) is 0 Å². The zero-order chi connectivity index (χ0) is 11.1. The summed E-state index contributed by atoms with van der Waals surface area (Å²) in [5.41, 5.74) is 2.87. The molecule has 1 nitrogen and oxygen atoms in total. The van der Waals surface area contributed by atoms with Crippen molar-refractivity contribution in [3.8, 4) is 10.6 Å². The zero-order valence-electron chi connectivity index (χ0n) is 8.75. The molecule has 0 spiro atoms. The molecule has 3 aromatic rings. The molecule has 0 amide bonds. The van der Waals surface area contributed by atoms with E-state index in [2.05, 4.69) is 4.98 Å². The molecule has 1 N–H and O–H groups in total. The van der Waals surface area contributed by atoms with Crippen LogP contribution in [0.5, 0.6) is 0 Å². The minimum atomic E-state index is -0.158. The van der Waals surface area contributed by atoms with Crippen LogP contribution in [0.3, 0.4) is 0 Å². The van der Waals surface area contributed by atoms with Crippen LogP contribution in [0, 0.1) is 12.7 Å². The van der Waals surface area contributed by atoms with Gasteiger partial charge in [0.05, 0.1) is 10.6 Å². The van der Waals surface area contributed by atoms with Gasteiger partial charge < -0.3 is 4.98 Å². The van der Waals surface area contributed by atoms with Gasteiger partial charge in [0.15, 0.2) is 0 Å². The monoisotopic (exact) mass is 231 g/mol. The van der Waals surface area contributed by atoms with Crippen molar-refractivity contribution in [2.45, 2.75) is 6.92 Å². The fraction of sp³-hybridized carbons (Fsp3) is 0.0769. The lowest BCUT2D eigenvalue weighted by Crippen LogP contribution is -1.77. The molecule has 16 heavy (non-hydrogen) atoms. The second kappa shape index (κ2) is 3.46. The van der Waals surface area contributed by atoms with Gasteiger partial charge in [0, 0.05) is 10.9 Å². The molecule has 0 radical (unpaired) electrons. The predicted molar refractivity (Wildman–Crippen MR) is 66.3 cm³/mol. The topological polar surface area (TPSA) is 15.8 Å². The number of rotatable bonds is 1. The Morgan fingerprint density at radius 2 is 2.06 bits per heavy atom. The van der Waals surface area contributed by atoms with E-state index >= 15 is 0 Å². The maximum atomic E-state index is 13.7. The van der Waals surface area contributed by atoms with E-state index in [1.165, 1.54) is 6.07 Å². The van der Waals surface area contributed by atoms with Crippen LogP contribution < -0.4 is 0 Å². The molecule has 1 aromatic carbocycles. The number of halogens is 1. The second-order valence-corrected chi connectivity index (χ2v) is 4.71. The van der Waals surface area contributed by atoms with Crippen molar-refractivity contribution in [3.63, 3.8) is 0 Å². The summed E-state index contributed by atoms with van der Waals surface area (Å²) in [7, 11) is 0. The number of aromatic nitrogens is 1. The van der Waals surface area contributed by atoms with Gasteiger partial charge in [-0.15, -0.1) is 11.3 Å². The summed E-state index contributed by atoms with van der Waals surface area (Å²) in [6, 6.07) is 9.18. The lowest BCUT2D eigenvalue weighted by Gasteiger charge is -1.95. The van der Waals surface area contributed by atoms with Crippen LogP contribution in [0.1, 0.15) is 5.56 Å². The Balaban J connectivity index is 2.36. The largest absolute Gasteiger partial charge is 0.354 e. The van der Waals surface area contributed by atoms with E-state index in [0.29, 0.717) is 5.39 Å². The van der Waals surface area contributed by atoms with Crippen molar-refractivity contribution < 1.29 is 4.39 Å². The Hall–Kier alpha value is -1.61. The van der Waals surface area contributed by atoms with Crippen LogP contribution in [0.2, 0.25) is 0 Å². The summed E-state index contributed by atoms with van der Waals surface area (Å²) in [6.45, 7) is 1.96. The highest BCUT2D eigenvalue weighted by Gasteiger charge is 2.12. The van der Waals surface area contributed by atoms with E-state index in [1.807, 2.05) is 30.5 Å². The summed E-state index contributed by atoms with van der Waals surface area (Å²) >= 11 is 1.66. The summed E-state index contributed by atoms with van der Waals surface area (Å²) in [5.74, 6) is -0.158. The molecule has 0 saturated heterocycles. The Morgan fingerprint density at radius 1 is 1.19 bits per heavy atom. The van der Waals surface area contributed by atoms with Crippen LogP contribution in [0.4, 0.5) is 4.39 Å². The Labute approximate surface area is 96.6 Å². The molecule has 0 aliphatic rings. The number of nitrogens with one attached hydrogen (secondary N) is 1. The highest BCUT2D eigenvalue weighted by Crippen LogP contribution is 2.33. The van der Waals surface area contributed by atoms with E-state index in [0.717, 1.165) is 21.7 Å². The highest BCUT2D eigenvalue weighted by atomic mass is 32.1. The average molecular weight is 231 g/mol. The van der Waals surface area contributed by atoms with E-state index < -0.39 is 0 Å². The van der Waals surface area contributed by atoms with E-state index in [1.54, 1.807) is 17.4 Å². The van der Waals surface area contributed by atoms with Crippen LogP contribution in [0.15, 0.2) is 35.7 Å². The Morgan fingerprint density at radius 3 is 2.75 bits per heavy atom. The van der Waals surface area contributed by atoms with Crippen LogP contribution in [-0.2, 0) is 0 Å². The third-order valence-corrected chi connectivity index (χ3v) is 3.68. The van der Waals surface area contributed by atoms with Gasteiger partial charge in [-0.2, -0.15) is 0 Å². The SMILES string of the molecule is Cc1c(-c2cccs2)[nH]c2cccc(F)c12. The third kappa shape index (κ3) is 1.28. The van der Waals surface area contributed by atoms with E-state index in [-0.39, 0.29) is 5.82 Å². The van der Waals surface area contributed by atoms with Gasteiger partial charge >= 0.3 is 0 Å². The molecule has 2 heterocycles. The van der Waals surface area contributed by atoms with Crippen molar-refractivity contribution in [1.82, 2.24) is 4.98 Å². The predicted octanol–water partition coefficient (Wildman–Crippen LogP) is 4.34. The van der Waals surface area contributed by atoms with Gasteiger partial charge in [-0.3, -0.25) is 0 Å². The maximum absolute atomic E-state index is 13.7. The van der Waals surface area contributed by atoms with Gasteiger partial charge in [-0.1, -0.05) is 12.1 Å². The molecule has 0 unspecified atom stereocenters. The maximum Gasteiger partial charge on any atom is 0.132 e. The number of H-pyrrole nitrogens is 1. The quantitative estimate of drug-likeness (QED) is 0.641. The van der Waals surface area contributed by atoms with Gasteiger partial charge in [0.1, 0.15) is 5.82 Å². The second-order valence-electron chi connectivity index (χ2n) is 3.76. The van der Waals surface area contributed by atoms with E-state index in [9.17, 15) is 4.39 Å². The minimum Gasteiger partial charge on any atom is -0.354 e. The molecule has 80 valence electrons. The summed E-state index contributed by atoms with van der Waals surface area (Å²) in [5, 5.41) is 2.72. The first-order chi connectivity index (χ1) is 7.77. The van der Waals surface area contributed by atoms with Crippen LogP contribution >= 0.6 is 11.3 Å². The van der Waals surface area contributed by atoms with Crippen molar-refractivity contribution in [1.29, 1.82) is 0 Å². The Kier molecular flexibility index (Phi) is 2.07. The number of fused-ring (bicyclic) bond motifs is 1.